The van der Waals surface area contributed by atoms with E-state index in [0.717, 1.165) is 35.4 Å². The van der Waals surface area contributed by atoms with Gasteiger partial charge in [0.1, 0.15) is 5.82 Å². The largest absolute Gasteiger partial charge is 0.342 e. The van der Waals surface area contributed by atoms with Crippen molar-refractivity contribution >= 4 is 34.2 Å². The number of aromatic nitrogens is 2. The van der Waals surface area contributed by atoms with Crippen molar-refractivity contribution in [2.45, 2.75) is 25.7 Å². The summed E-state index contributed by atoms with van der Waals surface area (Å²) in [6.45, 7) is 0. The predicted molar refractivity (Wildman–Crippen MR) is 101 cm³/mol. The normalized spacial score (nSPS) is 13.5. The number of nitrogens with zero attached hydrogens (tertiary/aromatic N) is 1. The molecule has 0 bridgehead atoms. The molecule has 26 heavy (non-hydrogen) atoms. The Morgan fingerprint density at radius 2 is 1.69 bits per heavy atom. The average Bonchev–Trinajstić information content (AvgIpc) is 3.41. The summed E-state index contributed by atoms with van der Waals surface area (Å²) in [4.78, 5) is 31.6. The summed E-state index contributed by atoms with van der Waals surface area (Å²) in [7, 11) is 0. The number of aryl methyl sites for hydroxylation is 1. The number of aromatic amines is 1. The zero-order valence-electron chi connectivity index (χ0n) is 14.3. The molecule has 1 fully saturated rings. The van der Waals surface area contributed by atoms with Crippen molar-refractivity contribution in [3.05, 3.63) is 54.4 Å². The molecule has 1 aliphatic rings. The highest BCUT2D eigenvalue weighted by Gasteiger charge is 2.29. The van der Waals surface area contributed by atoms with E-state index in [4.69, 9.17) is 0 Å². The Labute approximate surface area is 151 Å². The van der Waals surface area contributed by atoms with Crippen LogP contribution < -0.4 is 10.6 Å². The first-order valence-corrected chi connectivity index (χ1v) is 8.82. The number of fused-ring (bicyclic) bond motifs is 1. The first-order chi connectivity index (χ1) is 12.7. The van der Waals surface area contributed by atoms with Crippen molar-refractivity contribution in [2.75, 3.05) is 10.6 Å². The number of anilines is 2. The zero-order chi connectivity index (χ0) is 17.9. The molecule has 1 aliphatic carbocycles. The molecule has 4 rings (SSSR count). The maximum absolute atomic E-state index is 12.1. The van der Waals surface area contributed by atoms with E-state index in [-0.39, 0.29) is 17.7 Å². The molecule has 0 radical (unpaired) electrons. The summed E-state index contributed by atoms with van der Waals surface area (Å²) in [5.74, 6) is 0.986. The average molecular weight is 348 g/mol. The van der Waals surface area contributed by atoms with Gasteiger partial charge in [-0.15, -0.1) is 0 Å². The second-order valence-corrected chi connectivity index (χ2v) is 6.59. The van der Waals surface area contributed by atoms with Crippen molar-refractivity contribution in [3.8, 4) is 0 Å². The van der Waals surface area contributed by atoms with Gasteiger partial charge in [-0.2, -0.15) is 0 Å². The number of imidazole rings is 1. The van der Waals surface area contributed by atoms with Gasteiger partial charge in [0.25, 0.3) is 0 Å². The topological polar surface area (TPSA) is 86.9 Å². The van der Waals surface area contributed by atoms with Gasteiger partial charge in [0.15, 0.2) is 0 Å². The lowest BCUT2D eigenvalue weighted by Gasteiger charge is -2.07. The highest BCUT2D eigenvalue weighted by atomic mass is 16.2. The van der Waals surface area contributed by atoms with Crippen LogP contribution in [-0.2, 0) is 16.0 Å². The molecule has 2 amide bonds. The van der Waals surface area contributed by atoms with E-state index in [1.54, 1.807) is 24.3 Å². The Bertz CT molecular complexity index is 909. The van der Waals surface area contributed by atoms with Crippen molar-refractivity contribution in [1.29, 1.82) is 0 Å². The van der Waals surface area contributed by atoms with Crippen molar-refractivity contribution in [3.63, 3.8) is 0 Å². The minimum absolute atomic E-state index is 0.0692. The van der Waals surface area contributed by atoms with Crippen LogP contribution in [0.25, 0.3) is 11.0 Å². The molecule has 6 heteroatoms. The Hall–Kier alpha value is -3.15. The van der Waals surface area contributed by atoms with E-state index in [1.165, 1.54) is 0 Å². The third kappa shape index (κ3) is 3.91. The number of hydrogen-bond acceptors (Lipinski definition) is 3. The summed E-state index contributed by atoms with van der Waals surface area (Å²) in [5.41, 5.74) is 3.35. The molecule has 1 heterocycles. The summed E-state index contributed by atoms with van der Waals surface area (Å²) < 4.78 is 0. The van der Waals surface area contributed by atoms with Crippen molar-refractivity contribution in [2.24, 2.45) is 5.92 Å². The Morgan fingerprint density at radius 3 is 2.38 bits per heavy atom. The fourth-order valence-electron chi connectivity index (χ4n) is 2.81. The van der Waals surface area contributed by atoms with Gasteiger partial charge in [-0.05, 0) is 49.2 Å². The molecule has 2 aromatic carbocycles. The number of para-hydroxylation sites is 2. The number of H-pyrrole nitrogens is 1. The maximum atomic E-state index is 12.1. The molecule has 3 aromatic rings. The highest BCUT2D eigenvalue weighted by molar-refractivity contribution is 5.95. The number of benzene rings is 2. The van der Waals surface area contributed by atoms with Crippen LogP contribution in [0, 0.1) is 5.92 Å². The van der Waals surface area contributed by atoms with Crippen LogP contribution in [0.2, 0.25) is 0 Å². The highest BCUT2D eigenvalue weighted by Crippen LogP contribution is 2.30. The Morgan fingerprint density at radius 1 is 1.00 bits per heavy atom. The van der Waals surface area contributed by atoms with Crippen LogP contribution in [0.3, 0.4) is 0 Å². The number of hydrogen-bond donors (Lipinski definition) is 3. The molecule has 0 aliphatic heterocycles. The summed E-state index contributed by atoms with van der Waals surface area (Å²) in [5, 5.41) is 5.75. The first kappa shape index (κ1) is 16.3. The second kappa shape index (κ2) is 7.00. The summed E-state index contributed by atoms with van der Waals surface area (Å²) in [6.07, 6.45) is 2.85. The van der Waals surface area contributed by atoms with Crippen molar-refractivity contribution < 1.29 is 9.59 Å². The van der Waals surface area contributed by atoms with E-state index in [1.807, 2.05) is 24.3 Å². The molecular formula is C20H20N4O2. The Kier molecular flexibility index (Phi) is 4.39. The fraction of sp³-hybridized carbons (Fsp3) is 0.250. The summed E-state index contributed by atoms with van der Waals surface area (Å²) in [6, 6.07) is 15.0. The van der Waals surface area contributed by atoms with Gasteiger partial charge in [0.2, 0.25) is 11.8 Å². The van der Waals surface area contributed by atoms with Gasteiger partial charge in [-0.3, -0.25) is 9.59 Å². The summed E-state index contributed by atoms with van der Waals surface area (Å²) >= 11 is 0. The standard InChI is InChI=1S/C20H20N4O2/c25-19(12-11-18-23-16-3-1-2-4-17(16)24-18)21-14-7-9-15(10-8-14)22-20(26)13-5-6-13/h1-4,7-10,13H,5-6,11-12H2,(H,21,25)(H,22,26)(H,23,24). The minimum Gasteiger partial charge on any atom is -0.342 e. The number of nitrogens with one attached hydrogen (secondary N) is 3. The maximum Gasteiger partial charge on any atom is 0.227 e. The van der Waals surface area contributed by atoms with Gasteiger partial charge >= 0.3 is 0 Å². The van der Waals surface area contributed by atoms with E-state index in [0.29, 0.717) is 18.5 Å². The smallest absolute Gasteiger partial charge is 0.227 e. The van der Waals surface area contributed by atoms with Crippen molar-refractivity contribution in [1.82, 2.24) is 9.97 Å². The first-order valence-electron chi connectivity index (χ1n) is 8.82. The molecule has 0 atom stereocenters. The van der Waals surface area contributed by atoms with Gasteiger partial charge in [0, 0.05) is 30.1 Å². The second-order valence-electron chi connectivity index (χ2n) is 6.59. The lowest BCUT2D eigenvalue weighted by Crippen LogP contribution is -2.14. The molecule has 3 N–H and O–H groups in total. The fourth-order valence-corrected chi connectivity index (χ4v) is 2.81. The Balaban J connectivity index is 1.29. The molecule has 0 spiro atoms. The lowest BCUT2D eigenvalue weighted by molar-refractivity contribution is -0.117. The van der Waals surface area contributed by atoms with Crippen LogP contribution in [0.4, 0.5) is 11.4 Å². The molecule has 1 saturated carbocycles. The number of amides is 2. The predicted octanol–water partition coefficient (Wildman–Crippen LogP) is 3.48. The van der Waals surface area contributed by atoms with E-state index < -0.39 is 0 Å². The molecule has 1 aromatic heterocycles. The van der Waals surface area contributed by atoms with Crippen LogP contribution in [0.5, 0.6) is 0 Å². The number of carbonyl (C=O) groups is 2. The quantitative estimate of drug-likeness (QED) is 0.637. The molecule has 0 saturated heterocycles. The number of rotatable bonds is 6. The zero-order valence-corrected chi connectivity index (χ0v) is 14.3. The van der Waals surface area contributed by atoms with Gasteiger partial charge < -0.3 is 15.6 Å². The van der Waals surface area contributed by atoms with Crippen LogP contribution in [0.15, 0.2) is 48.5 Å². The van der Waals surface area contributed by atoms with E-state index in [9.17, 15) is 9.59 Å². The monoisotopic (exact) mass is 348 g/mol. The molecule has 0 unspecified atom stereocenters. The van der Waals surface area contributed by atoms with Crippen LogP contribution in [-0.4, -0.2) is 21.8 Å². The third-order valence-electron chi connectivity index (χ3n) is 4.41. The SMILES string of the molecule is O=C(CCc1nc2ccccc2[nH]1)Nc1ccc(NC(=O)C2CC2)cc1. The third-order valence-corrected chi connectivity index (χ3v) is 4.41. The molecular weight excluding hydrogens is 328 g/mol. The van der Waals surface area contributed by atoms with E-state index in [2.05, 4.69) is 20.6 Å². The van der Waals surface area contributed by atoms with Gasteiger partial charge in [-0.1, -0.05) is 12.1 Å². The minimum atomic E-state index is -0.0692. The van der Waals surface area contributed by atoms with E-state index >= 15 is 0 Å². The van der Waals surface area contributed by atoms with Crippen LogP contribution >= 0.6 is 0 Å². The number of carbonyl (C=O) groups excluding carboxylic acids is 2. The van der Waals surface area contributed by atoms with Crippen LogP contribution in [0.1, 0.15) is 25.1 Å². The molecule has 132 valence electrons. The van der Waals surface area contributed by atoms with Gasteiger partial charge in [0.05, 0.1) is 11.0 Å². The van der Waals surface area contributed by atoms with Gasteiger partial charge in [-0.25, -0.2) is 4.98 Å². The molecule has 6 nitrogen and oxygen atoms in total. The lowest BCUT2D eigenvalue weighted by atomic mass is 10.2.